The second-order valence-electron chi connectivity index (χ2n) is 3.34. The van der Waals surface area contributed by atoms with Crippen molar-refractivity contribution < 1.29 is 4.74 Å². The molecule has 0 aromatic heterocycles. The van der Waals surface area contributed by atoms with E-state index in [-0.39, 0.29) is 0 Å². The van der Waals surface area contributed by atoms with E-state index in [9.17, 15) is 0 Å². The van der Waals surface area contributed by atoms with Crippen LogP contribution in [0.2, 0.25) is 0 Å². The number of rotatable bonds is 9. The molecule has 0 bridgehead atoms. The third-order valence-electron chi connectivity index (χ3n) is 2.21. The van der Waals surface area contributed by atoms with Crippen molar-refractivity contribution >= 4 is 0 Å². The van der Waals surface area contributed by atoms with E-state index in [0.29, 0.717) is 6.04 Å². The van der Waals surface area contributed by atoms with E-state index in [4.69, 9.17) is 10.6 Å². The second kappa shape index (κ2) is 9.96. The molecule has 1 unspecified atom stereocenters. The van der Waals surface area contributed by atoms with Crippen molar-refractivity contribution in [1.82, 2.24) is 5.43 Å². The van der Waals surface area contributed by atoms with Crippen molar-refractivity contribution in [3.05, 3.63) is 0 Å². The van der Waals surface area contributed by atoms with Gasteiger partial charge in [0, 0.05) is 19.3 Å². The van der Waals surface area contributed by atoms with Crippen LogP contribution in [0.5, 0.6) is 0 Å². The first-order chi connectivity index (χ1) is 6.35. The predicted octanol–water partition coefficient (Wildman–Crippen LogP) is 1.83. The summed E-state index contributed by atoms with van der Waals surface area (Å²) in [6.07, 6.45) is 6.01. The van der Waals surface area contributed by atoms with Crippen LogP contribution in [0.4, 0.5) is 0 Å². The van der Waals surface area contributed by atoms with Crippen molar-refractivity contribution in [3.63, 3.8) is 0 Å². The first-order valence-electron chi connectivity index (χ1n) is 5.39. The maximum atomic E-state index is 5.43. The second-order valence-corrected chi connectivity index (χ2v) is 3.34. The van der Waals surface area contributed by atoms with Gasteiger partial charge in [-0.1, -0.05) is 26.2 Å². The molecule has 1 atom stereocenters. The van der Waals surface area contributed by atoms with Crippen LogP contribution in [0.25, 0.3) is 0 Å². The molecule has 3 N–H and O–H groups in total. The van der Waals surface area contributed by atoms with Crippen LogP contribution in [0, 0.1) is 0 Å². The lowest BCUT2D eigenvalue weighted by molar-refractivity contribution is 0.135. The average Bonchev–Trinajstić information content (AvgIpc) is 2.16. The summed E-state index contributed by atoms with van der Waals surface area (Å²) in [6.45, 7) is 5.84. The molecule has 0 spiro atoms. The van der Waals surface area contributed by atoms with Crippen LogP contribution in [0.1, 0.15) is 46.0 Å². The van der Waals surface area contributed by atoms with E-state index in [1.54, 1.807) is 0 Å². The Bertz CT molecular complexity index is 88.9. The Balaban J connectivity index is 3.28. The standard InChI is InChI=1S/C10H24N2O/c1-3-5-6-7-10(12-11)8-9-13-4-2/h10,12H,3-9,11H2,1-2H3. The molecule has 0 aromatic carbocycles. The van der Waals surface area contributed by atoms with E-state index < -0.39 is 0 Å². The number of hydrazine groups is 1. The van der Waals surface area contributed by atoms with E-state index in [0.717, 1.165) is 26.1 Å². The molecule has 0 radical (unpaired) electrons. The molecule has 13 heavy (non-hydrogen) atoms. The van der Waals surface area contributed by atoms with Gasteiger partial charge in [0.05, 0.1) is 0 Å². The molecule has 0 saturated carbocycles. The molecule has 3 heteroatoms. The summed E-state index contributed by atoms with van der Waals surface area (Å²) in [7, 11) is 0. The zero-order chi connectivity index (χ0) is 9.94. The molecule has 0 aromatic rings. The van der Waals surface area contributed by atoms with E-state index in [1.165, 1.54) is 19.3 Å². The van der Waals surface area contributed by atoms with E-state index in [2.05, 4.69) is 12.3 Å². The summed E-state index contributed by atoms with van der Waals surface area (Å²) in [4.78, 5) is 0. The highest BCUT2D eigenvalue weighted by Crippen LogP contribution is 2.05. The third-order valence-corrected chi connectivity index (χ3v) is 2.21. The lowest BCUT2D eigenvalue weighted by Crippen LogP contribution is -2.35. The average molecular weight is 188 g/mol. The van der Waals surface area contributed by atoms with Crippen molar-refractivity contribution in [2.45, 2.75) is 52.0 Å². The van der Waals surface area contributed by atoms with Gasteiger partial charge in [-0.2, -0.15) is 0 Å². The van der Waals surface area contributed by atoms with Crippen molar-refractivity contribution in [1.29, 1.82) is 0 Å². The molecule has 3 nitrogen and oxygen atoms in total. The Kier molecular flexibility index (Phi) is 9.87. The zero-order valence-corrected chi connectivity index (χ0v) is 9.01. The van der Waals surface area contributed by atoms with Gasteiger partial charge in [0.2, 0.25) is 0 Å². The minimum Gasteiger partial charge on any atom is -0.382 e. The van der Waals surface area contributed by atoms with Gasteiger partial charge in [-0.3, -0.25) is 11.3 Å². The first-order valence-corrected chi connectivity index (χ1v) is 5.39. The van der Waals surface area contributed by atoms with Gasteiger partial charge >= 0.3 is 0 Å². The fraction of sp³-hybridized carbons (Fsp3) is 1.00. The number of nitrogens with one attached hydrogen (secondary N) is 1. The summed E-state index contributed by atoms with van der Waals surface area (Å²) in [5, 5.41) is 0. The van der Waals surface area contributed by atoms with Crippen LogP contribution in [-0.2, 0) is 4.74 Å². The molecule has 80 valence electrons. The normalized spacial score (nSPS) is 13.2. The number of hydrogen-bond donors (Lipinski definition) is 2. The van der Waals surface area contributed by atoms with Crippen molar-refractivity contribution in [2.75, 3.05) is 13.2 Å². The van der Waals surface area contributed by atoms with Crippen molar-refractivity contribution in [3.8, 4) is 0 Å². The van der Waals surface area contributed by atoms with E-state index in [1.807, 2.05) is 6.92 Å². The topological polar surface area (TPSA) is 47.3 Å². The smallest absolute Gasteiger partial charge is 0.0481 e. The summed E-state index contributed by atoms with van der Waals surface area (Å²) in [5.74, 6) is 5.43. The zero-order valence-electron chi connectivity index (χ0n) is 9.01. The minimum absolute atomic E-state index is 0.429. The highest BCUT2D eigenvalue weighted by molar-refractivity contribution is 4.62. The van der Waals surface area contributed by atoms with Crippen LogP contribution in [-0.4, -0.2) is 19.3 Å². The first kappa shape index (κ1) is 12.9. The van der Waals surface area contributed by atoms with Gasteiger partial charge in [0.25, 0.3) is 0 Å². The third kappa shape index (κ3) is 8.22. The molecule has 0 amide bonds. The molecule has 0 saturated heterocycles. The van der Waals surface area contributed by atoms with Gasteiger partial charge < -0.3 is 4.74 Å². The summed E-state index contributed by atoms with van der Waals surface area (Å²) in [5.41, 5.74) is 2.84. The number of hydrogen-bond acceptors (Lipinski definition) is 3. The molecule has 0 aliphatic rings. The Morgan fingerprint density at radius 2 is 2.00 bits per heavy atom. The summed E-state index contributed by atoms with van der Waals surface area (Å²) in [6, 6.07) is 0.429. The maximum Gasteiger partial charge on any atom is 0.0481 e. The predicted molar refractivity (Wildman–Crippen MR) is 56.4 cm³/mol. The highest BCUT2D eigenvalue weighted by Gasteiger charge is 2.04. The van der Waals surface area contributed by atoms with Gasteiger partial charge in [0.15, 0.2) is 0 Å². The van der Waals surface area contributed by atoms with E-state index >= 15 is 0 Å². The lowest BCUT2D eigenvalue weighted by Gasteiger charge is -2.15. The van der Waals surface area contributed by atoms with Crippen LogP contribution < -0.4 is 11.3 Å². The van der Waals surface area contributed by atoms with Gasteiger partial charge in [-0.15, -0.1) is 0 Å². The van der Waals surface area contributed by atoms with Crippen LogP contribution in [0.3, 0.4) is 0 Å². The molecular formula is C10H24N2O. The minimum atomic E-state index is 0.429. The number of nitrogens with two attached hydrogens (primary N) is 1. The van der Waals surface area contributed by atoms with Crippen molar-refractivity contribution in [2.24, 2.45) is 5.84 Å². The maximum absolute atomic E-state index is 5.43. The molecule has 0 rings (SSSR count). The fourth-order valence-corrected chi connectivity index (χ4v) is 1.32. The number of unbranched alkanes of at least 4 members (excludes halogenated alkanes) is 2. The van der Waals surface area contributed by atoms with Gasteiger partial charge in [-0.05, 0) is 19.8 Å². The Labute approximate surface area is 82.0 Å². The van der Waals surface area contributed by atoms with Gasteiger partial charge in [0.1, 0.15) is 0 Å². The molecule has 0 aliphatic carbocycles. The van der Waals surface area contributed by atoms with Crippen LogP contribution in [0.15, 0.2) is 0 Å². The Morgan fingerprint density at radius 3 is 2.54 bits per heavy atom. The number of ether oxygens (including phenoxy) is 1. The lowest BCUT2D eigenvalue weighted by atomic mass is 10.1. The SMILES string of the molecule is CCCCCC(CCOCC)NN. The quantitative estimate of drug-likeness (QED) is 0.330. The molecule has 0 aliphatic heterocycles. The highest BCUT2D eigenvalue weighted by atomic mass is 16.5. The monoisotopic (exact) mass is 188 g/mol. The Morgan fingerprint density at radius 1 is 1.23 bits per heavy atom. The largest absolute Gasteiger partial charge is 0.382 e. The van der Waals surface area contributed by atoms with Gasteiger partial charge in [-0.25, -0.2) is 0 Å². The fourth-order valence-electron chi connectivity index (χ4n) is 1.32. The molecule has 0 fully saturated rings. The Hall–Kier alpha value is -0.120. The molecule has 0 heterocycles. The van der Waals surface area contributed by atoms with Crippen LogP contribution >= 0.6 is 0 Å². The summed E-state index contributed by atoms with van der Waals surface area (Å²) >= 11 is 0. The summed E-state index contributed by atoms with van der Waals surface area (Å²) < 4.78 is 5.28. The molecular weight excluding hydrogens is 164 g/mol.